The van der Waals surface area contributed by atoms with E-state index >= 15 is 0 Å². The largest absolute Gasteiger partial charge is 0.494 e. The zero-order valence-corrected chi connectivity index (χ0v) is 22.7. The Balaban J connectivity index is 1.42. The summed E-state index contributed by atoms with van der Waals surface area (Å²) < 4.78 is 5.60. The van der Waals surface area contributed by atoms with Crippen LogP contribution in [0.15, 0.2) is 72.9 Å². The van der Waals surface area contributed by atoms with E-state index in [-0.39, 0.29) is 12.3 Å². The molecule has 3 N–H and O–H groups in total. The average molecular weight is 564 g/mol. The van der Waals surface area contributed by atoms with Gasteiger partial charge in [0, 0.05) is 29.7 Å². The maximum Gasteiger partial charge on any atom is 0.303 e. The maximum atomic E-state index is 12.7. The predicted octanol–water partition coefficient (Wildman–Crippen LogP) is 6.68. The Bertz CT molecular complexity index is 1460. The van der Waals surface area contributed by atoms with E-state index in [0.717, 1.165) is 16.7 Å². The minimum atomic E-state index is -0.824. The first kappa shape index (κ1) is 28.0. The number of benzene rings is 3. The summed E-state index contributed by atoms with van der Waals surface area (Å²) in [6.45, 7) is 0.366. The summed E-state index contributed by atoms with van der Waals surface area (Å²) in [7, 11) is 1.58. The number of carbonyl (C=O) groups excluding carboxylic acids is 1. The van der Waals surface area contributed by atoms with Crippen LogP contribution in [0.4, 0.5) is 0 Å². The van der Waals surface area contributed by atoms with E-state index in [1.807, 2.05) is 60.7 Å². The van der Waals surface area contributed by atoms with Crippen LogP contribution in [0.5, 0.6) is 5.75 Å². The monoisotopic (exact) mass is 563 g/mol. The van der Waals surface area contributed by atoms with Crippen molar-refractivity contribution in [3.8, 4) is 16.9 Å². The van der Waals surface area contributed by atoms with Crippen molar-refractivity contribution in [2.45, 2.75) is 18.8 Å². The van der Waals surface area contributed by atoms with Crippen LogP contribution in [0.3, 0.4) is 0 Å². The lowest BCUT2D eigenvalue weighted by Crippen LogP contribution is -2.27. The lowest BCUT2D eigenvalue weighted by Gasteiger charge is -2.16. The number of hydrogen-bond donors (Lipinski definition) is 3. The number of H-pyrrole nitrogens is 1. The number of amides is 1. The fourth-order valence-corrected chi connectivity index (χ4v) is 4.55. The lowest BCUT2D eigenvalue weighted by molar-refractivity contribution is -0.137. The zero-order valence-electron chi connectivity index (χ0n) is 21.2. The van der Waals surface area contributed by atoms with Crippen LogP contribution in [-0.2, 0) is 9.59 Å². The Hall–Kier alpha value is -4.07. The number of nitrogens with one attached hydrogen (secondary N) is 2. The van der Waals surface area contributed by atoms with E-state index in [1.54, 1.807) is 31.4 Å². The highest BCUT2D eigenvalue weighted by molar-refractivity contribution is 6.35. The number of carboxylic acids is 1. The number of likely N-dealkylation sites (N-methyl/N-ethyl adjacent to an activating group) is 1. The molecule has 39 heavy (non-hydrogen) atoms. The number of halogens is 2. The molecule has 1 unspecified atom stereocenters. The van der Waals surface area contributed by atoms with Gasteiger partial charge >= 0.3 is 5.97 Å². The third kappa shape index (κ3) is 7.50. The molecule has 3 aromatic carbocycles. The predicted molar refractivity (Wildman–Crippen MR) is 154 cm³/mol. The highest BCUT2D eigenvalue weighted by atomic mass is 35.5. The number of hydrogen-bond acceptors (Lipinski definition) is 4. The molecule has 9 heteroatoms. The number of rotatable bonds is 11. The molecule has 1 heterocycles. The van der Waals surface area contributed by atoms with Gasteiger partial charge in [0.05, 0.1) is 12.3 Å². The molecule has 0 aliphatic carbocycles. The average Bonchev–Trinajstić information content (AvgIpc) is 3.40. The van der Waals surface area contributed by atoms with Crippen molar-refractivity contribution in [2.75, 3.05) is 13.7 Å². The van der Waals surface area contributed by atoms with Gasteiger partial charge in [0.2, 0.25) is 5.91 Å². The van der Waals surface area contributed by atoms with Crippen LogP contribution in [0.2, 0.25) is 10.0 Å². The summed E-state index contributed by atoms with van der Waals surface area (Å²) in [5.41, 5.74) is 4.33. The quantitative estimate of drug-likeness (QED) is 0.177. The maximum absolute atomic E-state index is 12.7. The minimum absolute atomic E-state index is 0.0920. The van der Waals surface area contributed by atoms with Gasteiger partial charge in [-0.1, -0.05) is 71.7 Å². The Labute approximate surface area is 236 Å². The number of carboxylic acid groups (broad SMARTS) is 1. The molecule has 1 amide bonds. The first-order valence-electron chi connectivity index (χ1n) is 12.3. The number of nitrogens with zero attached hydrogens (tertiary/aromatic N) is 1. The second-order valence-electron chi connectivity index (χ2n) is 8.76. The van der Waals surface area contributed by atoms with E-state index in [2.05, 4.69) is 15.3 Å². The Morgan fingerprint density at radius 3 is 2.36 bits per heavy atom. The molecule has 0 saturated carbocycles. The van der Waals surface area contributed by atoms with Gasteiger partial charge in [0.1, 0.15) is 17.5 Å². The van der Waals surface area contributed by atoms with Crippen molar-refractivity contribution in [3.05, 3.63) is 106 Å². The topological polar surface area (TPSA) is 104 Å². The summed E-state index contributed by atoms with van der Waals surface area (Å²) in [5.74, 6) is -0.386. The molecular weight excluding hydrogens is 537 g/mol. The van der Waals surface area contributed by atoms with Gasteiger partial charge in [-0.05, 0) is 59.0 Å². The third-order valence-electron chi connectivity index (χ3n) is 6.04. The number of aromatic amines is 1. The van der Waals surface area contributed by atoms with Crippen LogP contribution in [-0.4, -0.2) is 40.6 Å². The molecule has 7 nitrogen and oxygen atoms in total. The van der Waals surface area contributed by atoms with Gasteiger partial charge in [0.15, 0.2) is 0 Å². The summed E-state index contributed by atoms with van der Waals surface area (Å²) in [6.07, 6.45) is 5.97. The van der Waals surface area contributed by atoms with Crippen LogP contribution in [0.1, 0.15) is 41.4 Å². The highest BCUT2D eigenvalue weighted by Crippen LogP contribution is 2.32. The fraction of sp³-hybridized carbons (Fsp3) is 0.167. The van der Waals surface area contributed by atoms with Crippen molar-refractivity contribution < 1.29 is 19.4 Å². The molecule has 0 spiro atoms. The molecule has 1 aromatic heterocycles. The molecule has 4 rings (SSSR count). The second kappa shape index (κ2) is 13.1. The summed E-state index contributed by atoms with van der Waals surface area (Å²) >= 11 is 12.4. The van der Waals surface area contributed by atoms with Crippen molar-refractivity contribution in [2.24, 2.45) is 0 Å². The van der Waals surface area contributed by atoms with Gasteiger partial charge in [-0.25, -0.2) is 4.98 Å². The minimum Gasteiger partial charge on any atom is -0.494 e. The number of aliphatic carboxylic acids is 1. The fourth-order valence-electron chi connectivity index (χ4n) is 4.03. The van der Waals surface area contributed by atoms with E-state index in [4.69, 9.17) is 33.0 Å². The third-order valence-corrected chi connectivity index (χ3v) is 6.61. The molecule has 1 atom stereocenters. The molecule has 0 aliphatic rings. The smallest absolute Gasteiger partial charge is 0.303 e. The van der Waals surface area contributed by atoms with Crippen molar-refractivity contribution in [3.63, 3.8) is 0 Å². The van der Waals surface area contributed by atoms with Crippen molar-refractivity contribution >= 4 is 47.2 Å². The van der Waals surface area contributed by atoms with Crippen LogP contribution >= 0.6 is 23.2 Å². The number of carbonyl (C=O) groups is 2. The van der Waals surface area contributed by atoms with E-state index < -0.39 is 11.9 Å². The second-order valence-corrected chi connectivity index (χ2v) is 9.61. The Kier molecular flexibility index (Phi) is 9.41. The Morgan fingerprint density at radius 1 is 1.03 bits per heavy atom. The SMILES string of the molecule is CNC(=O)C(c1cnc(C=Cc2ccc(-c3ccc(OCCCC(=O)O)cc3)cc2)[nH]1)c1ccc(Cl)cc1Cl. The van der Waals surface area contributed by atoms with Crippen molar-refractivity contribution in [1.29, 1.82) is 0 Å². The zero-order chi connectivity index (χ0) is 27.8. The van der Waals surface area contributed by atoms with Crippen LogP contribution in [0, 0.1) is 0 Å². The van der Waals surface area contributed by atoms with Crippen LogP contribution in [0.25, 0.3) is 23.3 Å². The first-order valence-corrected chi connectivity index (χ1v) is 13.0. The number of aromatic nitrogens is 2. The van der Waals surface area contributed by atoms with Gasteiger partial charge in [-0.15, -0.1) is 0 Å². The van der Waals surface area contributed by atoms with Crippen molar-refractivity contribution in [1.82, 2.24) is 15.3 Å². The molecule has 0 radical (unpaired) electrons. The first-order chi connectivity index (χ1) is 18.8. The molecule has 0 bridgehead atoms. The van der Waals surface area contributed by atoms with E-state index in [1.165, 1.54) is 0 Å². The highest BCUT2D eigenvalue weighted by Gasteiger charge is 2.26. The molecule has 0 aliphatic heterocycles. The molecule has 0 saturated heterocycles. The van der Waals surface area contributed by atoms with Gasteiger partial charge in [-0.3, -0.25) is 9.59 Å². The number of ether oxygens (including phenoxy) is 1. The molecule has 4 aromatic rings. The summed E-state index contributed by atoms with van der Waals surface area (Å²) in [6, 6.07) is 20.8. The Morgan fingerprint density at radius 2 is 1.72 bits per heavy atom. The number of imidazole rings is 1. The lowest BCUT2D eigenvalue weighted by atomic mass is 9.95. The van der Waals surface area contributed by atoms with E-state index in [9.17, 15) is 9.59 Å². The van der Waals surface area contributed by atoms with Gasteiger partial charge in [-0.2, -0.15) is 0 Å². The molecule has 0 fully saturated rings. The van der Waals surface area contributed by atoms with Crippen LogP contribution < -0.4 is 10.1 Å². The van der Waals surface area contributed by atoms with Gasteiger partial charge < -0.3 is 20.1 Å². The molecule has 200 valence electrons. The van der Waals surface area contributed by atoms with Gasteiger partial charge in [0.25, 0.3) is 0 Å². The summed E-state index contributed by atoms with van der Waals surface area (Å²) in [4.78, 5) is 30.9. The standard InChI is InChI=1S/C30H27Cl2N3O4/c1-33-30(38)29(24-14-11-22(31)17-25(24)32)26-18-34-27(35-26)15-6-19-4-7-20(8-5-19)21-9-12-23(13-10-21)39-16-2-3-28(36)37/h4-15,17-18,29H,2-3,16H2,1H3,(H,33,38)(H,34,35)(H,36,37). The normalized spacial score (nSPS) is 11.9. The van der Waals surface area contributed by atoms with E-state index in [0.29, 0.717) is 45.9 Å². The molecular formula is C30H27Cl2N3O4. The summed E-state index contributed by atoms with van der Waals surface area (Å²) in [5, 5.41) is 12.3.